The summed E-state index contributed by atoms with van der Waals surface area (Å²) in [6.45, 7) is 0. The maximum atomic E-state index is 12.3. The van der Waals surface area contributed by atoms with Gasteiger partial charge in [-0.3, -0.25) is 15.5 Å². The molecule has 16 heavy (non-hydrogen) atoms. The molecule has 0 unspecified atom stereocenters. The molecule has 0 spiro atoms. The van der Waals surface area contributed by atoms with E-state index in [1.54, 1.807) is 0 Å². The predicted molar refractivity (Wildman–Crippen MR) is 49.1 cm³/mol. The Hall–Kier alpha value is -2.12. The zero-order valence-electron chi connectivity index (χ0n) is 7.71. The van der Waals surface area contributed by atoms with Crippen molar-refractivity contribution in [2.24, 2.45) is 5.73 Å². The lowest BCUT2D eigenvalue weighted by atomic mass is 10.1. The maximum absolute atomic E-state index is 12.3. The van der Waals surface area contributed by atoms with Crippen molar-refractivity contribution in [3.05, 3.63) is 39.4 Å². The van der Waals surface area contributed by atoms with Crippen LogP contribution in [0.25, 0.3) is 0 Å². The molecule has 0 amide bonds. The summed E-state index contributed by atoms with van der Waals surface area (Å²) in [6, 6.07) is 1.81. The fourth-order valence-corrected chi connectivity index (χ4v) is 1.09. The van der Waals surface area contributed by atoms with E-state index < -0.39 is 28.2 Å². The SMILES string of the molecule is N=C(N)c1ccc(C(F)(F)F)cc1[N+](=O)[O-]. The van der Waals surface area contributed by atoms with Crippen molar-refractivity contribution in [1.29, 1.82) is 5.41 Å². The van der Waals surface area contributed by atoms with Crippen LogP contribution < -0.4 is 5.73 Å². The van der Waals surface area contributed by atoms with Crippen LogP contribution in [0.1, 0.15) is 11.1 Å². The molecule has 0 aliphatic heterocycles. The summed E-state index contributed by atoms with van der Waals surface area (Å²) >= 11 is 0. The number of nitrogen functional groups attached to an aromatic ring is 1. The Balaban J connectivity index is 3.40. The molecule has 0 aromatic heterocycles. The molecule has 1 aromatic carbocycles. The van der Waals surface area contributed by atoms with Gasteiger partial charge < -0.3 is 5.73 Å². The molecule has 3 N–H and O–H groups in total. The highest BCUT2D eigenvalue weighted by Crippen LogP contribution is 2.32. The lowest BCUT2D eigenvalue weighted by Gasteiger charge is -2.07. The van der Waals surface area contributed by atoms with Gasteiger partial charge in [0.15, 0.2) is 0 Å². The second-order valence-corrected chi connectivity index (χ2v) is 2.90. The van der Waals surface area contributed by atoms with Gasteiger partial charge in [-0.05, 0) is 12.1 Å². The molecule has 8 heteroatoms. The molecule has 0 saturated carbocycles. The summed E-state index contributed by atoms with van der Waals surface area (Å²) in [5.74, 6) is -0.652. The molecule has 0 aliphatic rings. The minimum absolute atomic E-state index is 0.335. The molecule has 0 heterocycles. The number of halogens is 3. The molecule has 0 fully saturated rings. The van der Waals surface area contributed by atoms with Gasteiger partial charge in [0.05, 0.1) is 16.1 Å². The fourth-order valence-electron chi connectivity index (χ4n) is 1.09. The third kappa shape index (κ3) is 2.27. The van der Waals surface area contributed by atoms with Gasteiger partial charge in [0.1, 0.15) is 5.84 Å². The largest absolute Gasteiger partial charge is 0.416 e. The lowest BCUT2D eigenvalue weighted by molar-refractivity contribution is -0.385. The van der Waals surface area contributed by atoms with Gasteiger partial charge >= 0.3 is 6.18 Å². The number of nitro groups is 1. The Kier molecular flexibility index (Phi) is 2.84. The van der Waals surface area contributed by atoms with Crippen LogP contribution in [-0.4, -0.2) is 10.8 Å². The first-order chi connectivity index (χ1) is 7.23. The molecule has 1 rings (SSSR count). The normalized spacial score (nSPS) is 11.2. The van der Waals surface area contributed by atoms with Gasteiger partial charge in [0.2, 0.25) is 0 Å². The maximum Gasteiger partial charge on any atom is 0.416 e. The highest BCUT2D eigenvalue weighted by atomic mass is 19.4. The molecule has 86 valence electrons. The van der Waals surface area contributed by atoms with E-state index in [2.05, 4.69) is 0 Å². The van der Waals surface area contributed by atoms with Gasteiger partial charge in [0, 0.05) is 6.07 Å². The van der Waals surface area contributed by atoms with E-state index in [-0.39, 0.29) is 5.56 Å². The number of amidine groups is 1. The third-order valence-electron chi connectivity index (χ3n) is 1.81. The first-order valence-electron chi connectivity index (χ1n) is 3.93. The summed E-state index contributed by atoms with van der Waals surface area (Å²) in [6.07, 6.45) is -4.67. The number of nitrogens with zero attached hydrogens (tertiary/aromatic N) is 1. The third-order valence-corrected chi connectivity index (χ3v) is 1.81. The van der Waals surface area contributed by atoms with E-state index in [0.29, 0.717) is 12.1 Å². The summed E-state index contributed by atoms with van der Waals surface area (Å²) in [5.41, 5.74) is 2.69. The van der Waals surface area contributed by atoms with Crippen molar-refractivity contribution in [3.63, 3.8) is 0 Å². The number of alkyl halides is 3. The van der Waals surface area contributed by atoms with Crippen molar-refractivity contribution in [2.45, 2.75) is 6.18 Å². The zero-order chi connectivity index (χ0) is 12.5. The van der Waals surface area contributed by atoms with Crippen LogP contribution in [0, 0.1) is 15.5 Å². The van der Waals surface area contributed by atoms with Crippen LogP contribution >= 0.6 is 0 Å². The molecule has 1 aromatic rings. The van der Waals surface area contributed by atoms with Crippen LogP contribution in [0.3, 0.4) is 0 Å². The van der Waals surface area contributed by atoms with E-state index in [1.165, 1.54) is 0 Å². The summed E-state index contributed by atoms with van der Waals surface area (Å²) in [5, 5.41) is 17.5. The monoisotopic (exact) mass is 233 g/mol. The number of hydrogen-bond donors (Lipinski definition) is 2. The topological polar surface area (TPSA) is 93.0 Å². The summed E-state index contributed by atoms with van der Waals surface area (Å²) in [4.78, 5) is 9.48. The minimum Gasteiger partial charge on any atom is -0.383 e. The highest BCUT2D eigenvalue weighted by molar-refractivity contribution is 5.98. The average Bonchev–Trinajstić information content (AvgIpc) is 2.15. The average molecular weight is 233 g/mol. The number of hydrogen-bond acceptors (Lipinski definition) is 3. The van der Waals surface area contributed by atoms with Gasteiger partial charge in [-0.15, -0.1) is 0 Å². The van der Waals surface area contributed by atoms with Gasteiger partial charge in [-0.25, -0.2) is 0 Å². The standard InChI is InChI=1S/C8H6F3N3O2/c9-8(10,11)4-1-2-5(7(12)13)6(3-4)14(15)16/h1-3H,(H3,12,13). The summed E-state index contributed by atoms with van der Waals surface area (Å²) < 4.78 is 36.8. The van der Waals surface area contributed by atoms with E-state index >= 15 is 0 Å². The number of benzene rings is 1. The van der Waals surface area contributed by atoms with Crippen LogP contribution in [-0.2, 0) is 6.18 Å². The highest BCUT2D eigenvalue weighted by Gasteiger charge is 2.33. The Morgan fingerprint density at radius 1 is 1.44 bits per heavy atom. The smallest absolute Gasteiger partial charge is 0.383 e. The van der Waals surface area contributed by atoms with Crippen molar-refractivity contribution in [2.75, 3.05) is 0 Å². The van der Waals surface area contributed by atoms with Crippen LogP contribution in [0.4, 0.5) is 18.9 Å². The number of rotatable bonds is 2. The van der Waals surface area contributed by atoms with Crippen molar-refractivity contribution in [3.8, 4) is 0 Å². The first-order valence-corrected chi connectivity index (χ1v) is 3.93. The number of nitrogens with two attached hydrogens (primary N) is 1. The van der Waals surface area contributed by atoms with Gasteiger partial charge in [0.25, 0.3) is 5.69 Å². The van der Waals surface area contributed by atoms with Gasteiger partial charge in [-0.2, -0.15) is 13.2 Å². The fraction of sp³-hybridized carbons (Fsp3) is 0.125. The van der Waals surface area contributed by atoms with Crippen molar-refractivity contribution >= 4 is 11.5 Å². The van der Waals surface area contributed by atoms with Gasteiger partial charge in [-0.1, -0.05) is 0 Å². The molecule has 5 nitrogen and oxygen atoms in total. The molecule has 0 saturated heterocycles. The van der Waals surface area contributed by atoms with Crippen LogP contribution in [0.5, 0.6) is 0 Å². The quantitative estimate of drug-likeness (QED) is 0.353. The Labute approximate surface area is 87.3 Å². The van der Waals surface area contributed by atoms with Crippen molar-refractivity contribution in [1.82, 2.24) is 0 Å². The molecule has 0 radical (unpaired) electrons. The van der Waals surface area contributed by atoms with E-state index in [9.17, 15) is 23.3 Å². The van der Waals surface area contributed by atoms with Crippen LogP contribution in [0.15, 0.2) is 18.2 Å². The van der Waals surface area contributed by atoms with Crippen molar-refractivity contribution < 1.29 is 18.1 Å². The Bertz CT molecular complexity index is 456. The second-order valence-electron chi connectivity index (χ2n) is 2.90. The molecule has 0 bridgehead atoms. The first kappa shape index (κ1) is 12.0. The zero-order valence-corrected chi connectivity index (χ0v) is 7.71. The van der Waals surface area contributed by atoms with Crippen LogP contribution in [0.2, 0.25) is 0 Å². The van der Waals surface area contributed by atoms with E-state index in [0.717, 1.165) is 6.07 Å². The molecule has 0 atom stereocenters. The Morgan fingerprint density at radius 3 is 2.38 bits per heavy atom. The molecular weight excluding hydrogens is 227 g/mol. The second kappa shape index (κ2) is 3.80. The minimum atomic E-state index is -4.67. The molecule has 0 aliphatic carbocycles. The lowest BCUT2D eigenvalue weighted by Crippen LogP contribution is -2.15. The molecular formula is C8H6F3N3O2. The predicted octanol–water partition coefficient (Wildman–Crippen LogP) is 1.90. The number of nitro benzene ring substituents is 1. The Morgan fingerprint density at radius 2 is 2.00 bits per heavy atom. The number of nitrogens with one attached hydrogen (secondary N) is 1. The summed E-state index contributed by atoms with van der Waals surface area (Å²) in [7, 11) is 0. The van der Waals surface area contributed by atoms with E-state index in [1.807, 2.05) is 0 Å². The van der Waals surface area contributed by atoms with E-state index in [4.69, 9.17) is 11.1 Å².